The zero-order valence-corrected chi connectivity index (χ0v) is 9.66. The minimum Gasteiger partial charge on any atom is -0.327 e. The summed E-state index contributed by atoms with van der Waals surface area (Å²) in [6, 6.07) is 7.46. The van der Waals surface area contributed by atoms with Gasteiger partial charge in [0.15, 0.2) is 0 Å². The number of nitriles is 1. The highest BCUT2D eigenvalue weighted by Gasteiger charge is 2.14. The Kier molecular flexibility index (Phi) is 4.01. The fraction of sp³-hybridized carbons (Fsp3) is 0.300. The van der Waals surface area contributed by atoms with Gasteiger partial charge >= 0.3 is 0 Å². The third-order valence-corrected chi connectivity index (χ3v) is 3.29. The fourth-order valence-corrected chi connectivity index (χ4v) is 2.25. The summed E-state index contributed by atoms with van der Waals surface area (Å²) in [7, 11) is -3.57. The number of benzene rings is 1. The van der Waals surface area contributed by atoms with Crippen molar-refractivity contribution in [2.24, 2.45) is 5.73 Å². The Labute approximate surface area is 94.9 Å². The minimum absolute atomic E-state index is 0.0761. The summed E-state index contributed by atoms with van der Waals surface area (Å²) in [4.78, 5) is 0.0761. The van der Waals surface area contributed by atoms with Gasteiger partial charge < -0.3 is 5.73 Å². The second-order valence-corrected chi connectivity index (χ2v) is 5.24. The second kappa shape index (κ2) is 5.07. The molecule has 0 spiro atoms. The highest BCUT2D eigenvalue weighted by Crippen LogP contribution is 2.10. The van der Waals surface area contributed by atoms with Crippen LogP contribution in [-0.4, -0.2) is 21.0 Å². The van der Waals surface area contributed by atoms with Crippen molar-refractivity contribution < 1.29 is 8.42 Å². The SMILES string of the molecule is CC(N)CNS(=O)(=O)c1cccc(C#N)c1. The molecule has 0 radical (unpaired) electrons. The molecule has 0 heterocycles. The lowest BCUT2D eigenvalue weighted by Crippen LogP contribution is -2.35. The van der Waals surface area contributed by atoms with E-state index in [9.17, 15) is 8.42 Å². The van der Waals surface area contributed by atoms with E-state index in [-0.39, 0.29) is 17.5 Å². The van der Waals surface area contributed by atoms with Crippen molar-refractivity contribution in [3.05, 3.63) is 29.8 Å². The maximum Gasteiger partial charge on any atom is 0.240 e. The Morgan fingerprint density at radius 1 is 1.56 bits per heavy atom. The molecule has 0 bridgehead atoms. The van der Waals surface area contributed by atoms with E-state index in [1.54, 1.807) is 13.0 Å². The Hall–Kier alpha value is -1.42. The Balaban J connectivity index is 2.95. The maximum absolute atomic E-state index is 11.7. The summed E-state index contributed by atoms with van der Waals surface area (Å²) >= 11 is 0. The van der Waals surface area contributed by atoms with Gasteiger partial charge in [-0.15, -0.1) is 0 Å². The van der Waals surface area contributed by atoms with E-state index in [1.165, 1.54) is 18.2 Å². The summed E-state index contributed by atoms with van der Waals surface area (Å²) in [6.45, 7) is 1.87. The molecule has 0 saturated carbocycles. The van der Waals surface area contributed by atoms with Crippen LogP contribution in [-0.2, 0) is 10.0 Å². The van der Waals surface area contributed by atoms with E-state index in [0.717, 1.165) is 0 Å². The zero-order valence-electron chi connectivity index (χ0n) is 8.84. The van der Waals surface area contributed by atoms with Crippen LogP contribution in [0.4, 0.5) is 0 Å². The molecule has 1 atom stereocenters. The predicted octanol–water partition coefficient (Wildman–Crippen LogP) is 0.184. The lowest BCUT2D eigenvalue weighted by atomic mass is 10.2. The lowest BCUT2D eigenvalue weighted by molar-refractivity contribution is 0.574. The minimum atomic E-state index is -3.57. The first-order valence-electron chi connectivity index (χ1n) is 4.71. The summed E-state index contributed by atoms with van der Waals surface area (Å²) in [5, 5.41) is 8.66. The molecule has 1 aromatic carbocycles. The molecule has 0 aliphatic carbocycles. The number of hydrogen-bond acceptors (Lipinski definition) is 4. The summed E-state index contributed by atoms with van der Waals surface area (Å²) in [5.41, 5.74) is 5.76. The van der Waals surface area contributed by atoms with Gasteiger partial charge in [0.1, 0.15) is 0 Å². The molecule has 0 fully saturated rings. The van der Waals surface area contributed by atoms with E-state index in [2.05, 4.69) is 4.72 Å². The molecule has 5 nitrogen and oxygen atoms in total. The van der Waals surface area contributed by atoms with Crippen molar-refractivity contribution in [2.75, 3.05) is 6.54 Å². The third kappa shape index (κ3) is 3.31. The predicted molar refractivity (Wildman–Crippen MR) is 60.0 cm³/mol. The van der Waals surface area contributed by atoms with Crippen molar-refractivity contribution in [1.82, 2.24) is 4.72 Å². The van der Waals surface area contributed by atoms with Gasteiger partial charge in [0.25, 0.3) is 0 Å². The van der Waals surface area contributed by atoms with Crippen LogP contribution in [0.3, 0.4) is 0 Å². The normalized spacial score (nSPS) is 13.1. The molecule has 0 aliphatic rings. The van der Waals surface area contributed by atoms with Gasteiger partial charge in [0, 0.05) is 12.6 Å². The van der Waals surface area contributed by atoms with E-state index in [4.69, 9.17) is 11.0 Å². The van der Waals surface area contributed by atoms with Crippen molar-refractivity contribution in [2.45, 2.75) is 17.9 Å². The average molecular weight is 239 g/mol. The van der Waals surface area contributed by atoms with Crippen LogP contribution >= 0.6 is 0 Å². The quantitative estimate of drug-likeness (QED) is 0.783. The first-order chi connectivity index (χ1) is 7.45. The van der Waals surface area contributed by atoms with Crippen LogP contribution in [0.2, 0.25) is 0 Å². The Morgan fingerprint density at radius 3 is 2.81 bits per heavy atom. The average Bonchev–Trinajstić information content (AvgIpc) is 2.27. The first kappa shape index (κ1) is 12.6. The molecule has 3 N–H and O–H groups in total. The molecule has 0 amide bonds. The maximum atomic E-state index is 11.7. The van der Waals surface area contributed by atoms with Gasteiger partial charge in [0.2, 0.25) is 10.0 Å². The van der Waals surface area contributed by atoms with Crippen LogP contribution in [0.25, 0.3) is 0 Å². The number of nitrogens with one attached hydrogen (secondary N) is 1. The monoisotopic (exact) mass is 239 g/mol. The second-order valence-electron chi connectivity index (χ2n) is 3.47. The largest absolute Gasteiger partial charge is 0.327 e. The first-order valence-corrected chi connectivity index (χ1v) is 6.19. The molecule has 1 aromatic rings. The summed E-state index contributed by atoms with van der Waals surface area (Å²) < 4.78 is 25.8. The zero-order chi connectivity index (χ0) is 12.2. The highest BCUT2D eigenvalue weighted by atomic mass is 32.2. The smallest absolute Gasteiger partial charge is 0.240 e. The van der Waals surface area contributed by atoms with E-state index >= 15 is 0 Å². The summed E-state index contributed by atoms with van der Waals surface area (Å²) in [5.74, 6) is 0. The number of nitrogens with two attached hydrogens (primary N) is 1. The van der Waals surface area contributed by atoms with Gasteiger partial charge in [-0.05, 0) is 25.1 Å². The van der Waals surface area contributed by atoms with Crippen molar-refractivity contribution in [3.63, 3.8) is 0 Å². The van der Waals surface area contributed by atoms with Crippen molar-refractivity contribution in [1.29, 1.82) is 5.26 Å². The van der Waals surface area contributed by atoms with Gasteiger partial charge in [-0.1, -0.05) is 6.07 Å². The van der Waals surface area contributed by atoms with Gasteiger partial charge in [-0.2, -0.15) is 5.26 Å². The van der Waals surface area contributed by atoms with Crippen LogP contribution in [0.15, 0.2) is 29.2 Å². The Morgan fingerprint density at radius 2 is 2.25 bits per heavy atom. The molecule has 6 heteroatoms. The third-order valence-electron chi connectivity index (χ3n) is 1.87. The number of hydrogen-bond donors (Lipinski definition) is 2. The van der Waals surface area contributed by atoms with E-state index < -0.39 is 10.0 Å². The Bertz CT molecular complexity index is 503. The van der Waals surface area contributed by atoms with Crippen molar-refractivity contribution >= 4 is 10.0 Å². The molecule has 16 heavy (non-hydrogen) atoms. The number of nitrogens with zero attached hydrogens (tertiary/aromatic N) is 1. The van der Waals surface area contributed by atoms with Crippen molar-refractivity contribution in [3.8, 4) is 6.07 Å². The molecule has 86 valence electrons. The molecular formula is C10H13N3O2S. The summed E-state index contributed by atoms with van der Waals surface area (Å²) in [6.07, 6.45) is 0. The number of rotatable bonds is 4. The molecular weight excluding hydrogens is 226 g/mol. The molecule has 0 aromatic heterocycles. The molecule has 0 aliphatic heterocycles. The van der Waals surface area contributed by atoms with Gasteiger partial charge in [0.05, 0.1) is 16.5 Å². The van der Waals surface area contributed by atoms with Crippen LogP contribution in [0.1, 0.15) is 12.5 Å². The highest BCUT2D eigenvalue weighted by molar-refractivity contribution is 7.89. The molecule has 1 rings (SSSR count). The topological polar surface area (TPSA) is 96.0 Å². The fourth-order valence-electron chi connectivity index (χ4n) is 1.06. The van der Waals surface area contributed by atoms with E-state index in [1.807, 2.05) is 6.07 Å². The van der Waals surface area contributed by atoms with Crippen LogP contribution in [0, 0.1) is 11.3 Å². The molecule has 1 unspecified atom stereocenters. The number of sulfonamides is 1. The van der Waals surface area contributed by atoms with Crippen LogP contribution in [0.5, 0.6) is 0 Å². The van der Waals surface area contributed by atoms with Crippen LogP contribution < -0.4 is 10.5 Å². The van der Waals surface area contributed by atoms with E-state index in [0.29, 0.717) is 5.56 Å². The standard InChI is InChI=1S/C10H13N3O2S/c1-8(12)7-13-16(14,15)10-4-2-3-9(5-10)6-11/h2-5,8,13H,7,12H2,1H3. The lowest BCUT2D eigenvalue weighted by Gasteiger charge is -2.08. The van der Waals surface area contributed by atoms with Gasteiger partial charge in [-0.3, -0.25) is 0 Å². The van der Waals surface area contributed by atoms with Gasteiger partial charge in [-0.25, -0.2) is 13.1 Å². The molecule has 0 saturated heterocycles.